The van der Waals surface area contributed by atoms with Gasteiger partial charge in [0.1, 0.15) is 11.8 Å². The van der Waals surface area contributed by atoms with E-state index in [1.807, 2.05) is 0 Å². The molecular formula is C21H25NO11S2. The Kier molecular flexibility index (Phi) is 12.7. The van der Waals surface area contributed by atoms with E-state index in [4.69, 9.17) is 14.2 Å². The minimum absolute atomic E-state index is 0.210. The highest BCUT2D eigenvalue weighted by Gasteiger charge is 2.36. The number of hydrogen-bond acceptors (Lipinski definition) is 13. The average molecular weight is 532 g/mol. The maximum atomic E-state index is 12.8. The summed E-state index contributed by atoms with van der Waals surface area (Å²) in [5.41, 5.74) is 0. The molecule has 0 aliphatic rings. The lowest BCUT2D eigenvalue weighted by Gasteiger charge is -2.25. The first-order valence-corrected chi connectivity index (χ1v) is 11.7. The van der Waals surface area contributed by atoms with Gasteiger partial charge in [0.25, 0.3) is 0 Å². The molecular weight excluding hydrogens is 506 g/mol. The van der Waals surface area contributed by atoms with E-state index in [1.165, 1.54) is 26.0 Å². The van der Waals surface area contributed by atoms with E-state index in [1.54, 1.807) is 18.2 Å². The quantitative estimate of drug-likeness (QED) is 0.252. The molecule has 1 N–H and O–H groups in total. The number of esters is 3. The molecule has 35 heavy (non-hydrogen) atoms. The van der Waals surface area contributed by atoms with Crippen molar-refractivity contribution < 1.29 is 52.5 Å². The highest BCUT2D eigenvalue weighted by molar-refractivity contribution is 8.15. The van der Waals surface area contributed by atoms with E-state index >= 15 is 0 Å². The summed E-state index contributed by atoms with van der Waals surface area (Å²) >= 11 is 1.03. The molecule has 0 spiro atoms. The van der Waals surface area contributed by atoms with Gasteiger partial charge in [-0.2, -0.15) is 0 Å². The van der Waals surface area contributed by atoms with E-state index in [0.29, 0.717) is 23.5 Å². The smallest absolute Gasteiger partial charge is 0.371 e. The van der Waals surface area contributed by atoms with Crippen molar-refractivity contribution in [3.8, 4) is 5.75 Å². The van der Waals surface area contributed by atoms with Crippen LogP contribution < -0.4 is 10.1 Å². The number of thioether (sulfide) groups is 2. The van der Waals surface area contributed by atoms with Gasteiger partial charge in [0.2, 0.25) is 19.5 Å². The third-order valence-electron chi connectivity index (χ3n) is 3.68. The molecule has 12 nitrogen and oxygen atoms in total. The lowest BCUT2D eigenvalue weighted by atomic mass is 10.2. The summed E-state index contributed by atoms with van der Waals surface area (Å²) < 4.78 is 22.3. The molecule has 0 fully saturated rings. The fraction of sp³-hybridized carbons (Fsp3) is 0.429. The van der Waals surface area contributed by atoms with E-state index in [2.05, 4.69) is 14.8 Å². The first-order chi connectivity index (χ1) is 16.4. The third kappa shape index (κ3) is 12.7. The molecule has 0 unspecified atom stereocenters. The highest BCUT2D eigenvalue weighted by Crippen LogP contribution is 2.27. The number of carbonyl (C=O) groups excluding carboxylic acids is 6. The molecule has 0 saturated heterocycles. The SMILES string of the molecule is CC(=O)OCOC(=O)SC[C@H](NC(=O)C(C)(C)SC(=O)OCOC(C)=O)C(=O)Oc1ccccc1. The fourth-order valence-electron chi connectivity index (χ4n) is 1.97. The van der Waals surface area contributed by atoms with Gasteiger partial charge in [-0.3, -0.25) is 14.4 Å². The molecule has 192 valence electrons. The lowest BCUT2D eigenvalue weighted by molar-refractivity contribution is -0.149. The summed E-state index contributed by atoms with van der Waals surface area (Å²) in [5.74, 6) is -2.98. The van der Waals surface area contributed by atoms with Gasteiger partial charge in [0, 0.05) is 19.6 Å². The first kappa shape index (κ1) is 29.8. The van der Waals surface area contributed by atoms with Crippen LogP contribution in [-0.2, 0) is 38.1 Å². The standard InChI is InChI=1S/C21H25NO11S2/c1-13(23)29-11-31-19(27)34-10-16(17(25)33-15-8-6-5-7-9-15)22-18(26)21(3,4)35-20(28)32-12-30-14(2)24/h5-9,16H,10-12H2,1-4H3,(H,22,26)/t16-/m0/s1. The van der Waals surface area contributed by atoms with Crippen LogP contribution >= 0.6 is 23.5 Å². The molecule has 1 rings (SSSR count). The van der Waals surface area contributed by atoms with E-state index in [0.717, 1.165) is 13.8 Å². The zero-order valence-electron chi connectivity index (χ0n) is 19.4. The van der Waals surface area contributed by atoms with E-state index in [-0.39, 0.29) is 11.5 Å². The number of benzene rings is 1. The number of para-hydroxylation sites is 1. The largest absolute Gasteiger partial charge is 0.428 e. The van der Waals surface area contributed by atoms with Crippen LogP contribution in [0.5, 0.6) is 5.75 Å². The van der Waals surface area contributed by atoms with Gasteiger partial charge in [-0.05, 0) is 49.5 Å². The Labute approximate surface area is 209 Å². The third-order valence-corrected chi connectivity index (χ3v) is 5.52. The van der Waals surface area contributed by atoms with Crippen molar-refractivity contribution in [1.29, 1.82) is 0 Å². The zero-order valence-corrected chi connectivity index (χ0v) is 21.0. The molecule has 0 heterocycles. The average Bonchev–Trinajstić information content (AvgIpc) is 2.76. The lowest BCUT2D eigenvalue weighted by Crippen LogP contribution is -2.51. The molecule has 14 heteroatoms. The van der Waals surface area contributed by atoms with Gasteiger partial charge < -0.3 is 29.0 Å². The van der Waals surface area contributed by atoms with E-state index in [9.17, 15) is 28.8 Å². The molecule has 0 aliphatic heterocycles. The monoisotopic (exact) mass is 531 g/mol. The van der Waals surface area contributed by atoms with Crippen LogP contribution in [0, 0.1) is 0 Å². The second-order valence-electron chi connectivity index (χ2n) is 6.98. The number of hydrogen-bond donors (Lipinski definition) is 1. The Morgan fingerprint density at radius 2 is 1.40 bits per heavy atom. The van der Waals surface area contributed by atoms with Crippen molar-refractivity contribution in [3.05, 3.63) is 30.3 Å². The summed E-state index contributed by atoms with van der Waals surface area (Å²) in [4.78, 5) is 70.8. The number of ether oxygens (including phenoxy) is 5. The molecule has 0 aromatic heterocycles. The maximum Gasteiger partial charge on any atom is 0.371 e. The molecule has 1 amide bonds. The van der Waals surface area contributed by atoms with Gasteiger partial charge in [-0.25, -0.2) is 14.4 Å². The Bertz CT molecular complexity index is 921. The number of rotatable bonds is 11. The van der Waals surface area contributed by atoms with Gasteiger partial charge in [0.05, 0.1) is 4.75 Å². The molecule has 0 bridgehead atoms. The minimum atomic E-state index is -1.42. The molecule has 0 radical (unpaired) electrons. The molecule has 1 aromatic rings. The zero-order chi connectivity index (χ0) is 26.4. The summed E-state index contributed by atoms with van der Waals surface area (Å²) in [6.45, 7) is 3.86. The van der Waals surface area contributed by atoms with Crippen LogP contribution in [0.1, 0.15) is 27.7 Å². The maximum absolute atomic E-state index is 12.8. The molecule has 1 atom stereocenters. The summed E-state index contributed by atoms with van der Waals surface area (Å²) in [7, 11) is 0. The van der Waals surface area contributed by atoms with Crippen molar-refractivity contribution in [2.45, 2.75) is 38.5 Å². The van der Waals surface area contributed by atoms with Crippen LogP contribution in [0.2, 0.25) is 0 Å². The Hall–Kier alpha value is -3.26. The Morgan fingerprint density at radius 1 is 0.857 bits per heavy atom. The van der Waals surface area contributed by atoms with Crippen LogP contribution in [0.15, 0.2) is 30.3 Å². The Morgan fingerprint density at radius 3 is 1.94 bits per heavy atom. The van der Waals surface area contributed by atoms with Gasteiger partial charge >= 0.3 is 28.5 Å². The summed E-state index contributed by atoms with van der Waals surface area (Å²) in [6.07, 6.45) is 0. The van der Waals surface area contributed by atoms with Gasteiger partial charge in [0.15, 0.2) is 0 Å². The second kappa shape index (κ2) is 14.9. The molecule has 0 aliphatic carbocycles. The highest BCUT2D eigenvalue weighted by atomic mass is 32.2. The minimum Gasteiger partial charge on any atom is -0.428 e. The molecule has 0 saturated carbocycles. The topological polar surface area (TPSA) is 161 Å². The van der Waals surface area contributed by atoms with Crippen molar-refractivity contribution in [2.24, 2.45) is 0 Å². The number of nitrogens with one attached hydrogen (secondary N) is 1. The van der Waals surface area contributed by atoms with Crippen LogP contribution in [0.3, 0.4) is 0 Å². The predicted molar refractivity (Wildman–Crippen MR) is 124 cm³/mol. The second-order valence-corrected chi connectivity index (χ2v) is 9.49. The Balaban J connectivity index is 2.80. The van der Waals surface area contributed by atoms with Gasteiger partial charge in [-0.15, -0.1) is 0 Å². The first-order valence-electron chi connectivity index (χ1n) is 9.90. The van der Waals surface area contributed by atoms with Crippen LogP contribution in [0.25, 0.3) is 0 Å². The van der Waals surface area contributed by atoms with Crippen molar-refractivity contribution in [2.75, 3.05) is 19.3 Å². The normalized spacial score (nSPS) is 11.4. The van der Waals surface area contributed by atoms with Crippen LogP contribution in [0.4, 0.5) is 9.59 Å². The summed E-state index contributed by atoms with van der Waals surface area (Å²) in [6, 6.07) is 6.72. The summed E-state index contributed by atoms with van der Waals surface area (Å²) in [5, 5.41) is 0.694. The van der Waals surface area contributed by atoms with Gasteiger partial charge in [-0.1, -0.05) is 18.2 Å². The number of carbonyl (C=O) groups is 6. The van der Waals surface area contributed by atoms with Crippen LogP contribution in [-0.4, -0.2) is 64.5 Å². The van der Waals surface area contributed by atoms with Crippen molar-refractivity contribution in [1.82, 2.24) is 5.32 Å². The van der Waals surface area contributed by atoms with Crippen molar-refractivity contribution >= 4 is 57.9 Å². The predicted octanol–water partition coefficient (Wildman–Crippen LogP) is 2.64. The fourth-order valence-corrected chi connectivity index (χ4v) is 3.30. The number of amides is 1. The van der Waals surface area contributed by atoms with Crippen molar-refractivity contribution in [3.63, 3.8) is 0 Å². The molecule has 1 aromatic carbocycles. The van der Waals surface area contributed by atoms with E-state index < -0.39 is 58.8 Å².